The maximum Gasteiger partial charge on any atom is 0.251 e. The van der Waals surface area contributed by atoms with Crippen molar-refractivity contribution in [3.8, 4) is 5.75 Å². The molecule has 174 valence electrons. The average Bonchev–Trinajstić information content (AvgIpc) is 2.79. The van der Waals surface area contributed by atoms with Gasteiger partial charge in [-0.05, 0) is 49.4 Å². The van der Waals surface area contributed by atoms with Gasteiger partial charge in [0.15, 0.2) is 0 Å². The molecule has 0 aliphatic carbocycles. The molecule has 32 heavy (non-hydrogen) atoms. The van der Waals surface area contributed by atoms with E-state index < -0.39 is 10.0 Å². The van der Waals surface area contributed by atoms with Crippen molar-refractivity contribution in [2.75, 3.05) is 58.3 Å². The summed E-state index contributed by atoms with van der Waals surface area (Å²) in [6.07, 6.45) is 0.664. The fourth-order valence-corrected chi connectivity index (χ4v) is 4.95. The predicted molar refractivity (Wildman–Crippen MR) is 126 cm³/mol. The standard InChI is InChI=1S/C23H32N4O4S/c1-4-25-32(29,30)22-17-19(7-10-21(22)27-15-13-26(2)14-16-27)23(28)24-12-11-18-5-8-20(31-3)9-6-18/h5-10,17,25H,4,11-16H2,1-3H3,(H,24,28). The number of hydrogen-bond donors (Lipinski definition) is 2. The molecule has 0 radical (unpaired) electrons. The van der Waals surface area contributed by atoms with Gasteiger partial charge in [-0.3, -0.25) is 4.79 Å². The number of hydrogen-bond acceptors (Lipinski definition) is 6. The number of methoxy groups -OCH3 is 1. The van der Waals surface area contributed by atoms with Crippen LogP contribution in [0.2, 0.25) is 0 Å². The minimum absolute atomic E-state index is 0.145. The summed E-state index contributed by atoms with van der Waals surface area (Å²) in [7, 11) is -0.0588. The summed E-state index contributed by atoms with van der Waals surface area (Å²) in [5.74, 6) is 0.490. The first kappa shape index (κ1) is 24.0. The second-order valence-corrected chi connectivity index (χ2v) is 9.56. The largest absolute Gasteiger partial charge is 0.497 e. The SMILES string of the molecule is CCNS(=O)(=O)c1cc(C(=O)NCCc2ccc(OC)cc2)ccc1N1CCN(C)CC1. The number of amides is 1. The van der Waals surface area contributed by atoms with Crippen LogP contribution in [0, 0.1) is 0 Å². The lowest BCUT2D eigenvalue weighted by Crippen LogP contribution is -2.45. The Morgan fingerprint density at radius 1 is 1.06 bits per heavy atom. The predicted octanol–water partition coefficient (Wildman–Crippen LogP) is 1.72. The van der Waals surface area contributed by atoms with Crippen LogP contribution in [-0.2, 0) is 16.4 Å². The molecule has 0 atom stereocenters. The van der Waals surface area contributed by atoms with Crippen LogP contribution < -0.4 is 19.7 Å². The number of piperazine rings is 1. The van der Waals surface area contributed by atoms with E-state index in [1.807, 2.05) is 31.3 Å². The van der Waals surface area contributed by atoms with Crippen molar-refractivity contribution < 1.29 is 17.9 Å². The van der Waals surface area contributed by atoms with E-state index in [0.29, 0.717) is 24.2 Å². The van der Waals surface area contributed by atoms with Crippen molar-refractivity contribution in [3.63, 3.8) is 0 Å². The summed E-state index contributed by atoms with van der Waals surface area (Å²) in [6.45, 7) is 5.64. The fraction of sp³-hybridized carbons (Fsp3) is 0.435. The molecule has 8 nitrogen and oxygen atoms in total. The lowest BCUT2D eigenvalue weighted by atomic mass is 10.1. The molecule has 0 unspecified atom stereocenters. The Balaban J connectivity index is 1.74. The summed E-state index contributed by atoms with van der Waals surface area (Å²) in [4.78, 5) is 17.2. The van der Waals surface area contributed by atoms with Gasteiger partial charge in [-0.2, -0.15) is 0 Å². The third-order valence-corrected chi connectivity index (χ3v) is 7.12. The van der Waals surface area contributed by atoms with Gasteiger partial charge in [-0.1, -0.05) is 19.1 Å². The van der Waals surface area contributed by atoms with Crippen molar-refractivity contribution >= 4 is 21.6 Å². The number of carbonyl (C=O) groups excluding carboxylic acids is 1. The van der Waals surface area contributed by atoms with Crippen molar-refractivity contribution in [3.05, 3.63) is 53.6 Å². The minimum atomic E-state index is -3.73. The number of likely N-dealkylation sites (N-methyl/N-ethyl adjacent to an activating group) is 1. The van der Waals surface area contributed by atoms with Gasteiger partial charge >= 0.3 is 0 Å². The third kappa shape index (κ3) is 5.99. The van der Waals surface area contributed by atoms with Crippen molar-refractivity contribution in [1.82, 2.24) is 14.9 Å². The van der Waals surface area contributed by atoms with Crippen LogP contribution in [0.3, 0.4) is 0 Å². The summed E-state index contributed by atoms with van der Waals surface area (Å²) in [5.41, 5.74) is 2.04. The molecule has 2 aromatic carbocycles. The Hall–Kier alpha value is -2.62. The lowest BCUT2D eigenvalue weighted by Gasteiger charge is -2.35. The smallest absolute Gasteiger partial charge is 0.251 e. The van der Waals surface area contributed by atoms with Crippen LogP contribution in [0.25, 0.3) is 0 Å². The highest BCUT2D eigenvalue weighted by Gasteiger charge is 2.25. The molecule has 1 aliphatic rings. The molecule has 1 fully saturated rings. The Bertz CT molecular complexity index is 1020. The Morgan fingerprint density at radius 2 is 1.75 bits per heavy atom. The number of nitrogens with zero attached hydrogens (tertiary/aromatic N) is 2. The van der Waals surface area contributed by atoms with E-state index in [4.69, 9.17) is 4.74 Å². The number of rotatable bonds is 9. The number of anilines is 1. The number of carbonyl (C=O) groups is 1. The number of ether oxygens (including phenoxy) is 1. The molecular formula is C23H32N4O4S. The minimum Gasteiger partial charge on any atom is -0.497 e. The van der Waals surface area contributed by atoms with E-state index in [0.717, 1.165) is 37.5 Å². The molecule has 1 aliphatic heterocycles. The van der Waals surface area contributed by atoms with Crippen LogP contribution in [0.5, 0.6) is 5.75 Å². The van der Waals surface area contributed by atoms with Crippen molar-refractivity contribution in [2.45, 2.75) is 18.2 Å². The van der Waals surface area contributed by atoms with Crippen LogP contribution in [0.15, 0.2) is 47.4 Å². The molecule has 1 saturated heterocycles. The zero-order valence-corrected chi connectivity index (χ0v) is 19.7. The summed E-state index contributed by atoms with van der Waals surface area (Å²) < 4.78 is 33.5. The fourth-order valence-electron chi connectivity index (χ4n) is 3.66. The van der Waals surface area contributed by atoms with E-state index in [1.54, 1.807) is 26.2 Å². The van der Waals surface area contributed by atoms with E-state index >= 15 is 0 Å². The molecule has 0 aromatic heterocycles. The first-order valence-electron chi connectivity index (χ1n) is 10.8. The van der Waals surface area contributed by atoms with Gasteiger partial charge in [-0.15, -0.1) is 0 Å². The highest BCUT2D eigenvalue weighted by Crippen LogP contribution is 2.27. The highest BCUT2D eigenvalue weighted by atomic mass is 32.2. The molecule has 0 saturated carbocycles. The molecule has 0 spiro atoms. The number of nitrogens with one attached hydrogen (secondary N) is 2. The van der Waals surface area contributed by atoms with E-state index in [9.17, 15) is 13.2 Å². The number of benzene rings is 2. The normalized spacial score (nSPS) is 14.9. The quantitative estimate of drug-likeness (QED) is 0.592. The van der Waals surface area contributed by atoms with Gasteiger partial charge in [0.25, 0.3) is 5.91 Å². The Labute approximate surface area is 190 Å². The highest BCUT2D eigenvalue weighted by molar-refractivity contribution is 7.89. The zero-order valence-electron chi connectivity index (χ0n) is 18.9. The maximum absolute atomic E-state index is 12.9. The zero-order chi connectivity index (χ0) is 23.1. The van der Waals surface area contributed by atoms with Crippen molar-refractivity contribution in [1.29, 1.82) is 0 Å². The monoisotopic (exact) mass is 460 g/mol. The first-order chi connectivity index (χ1) is 15.3. The number of sulfonamides is 1. The second kappa shape index (κ2) is 10.8. The van der Waals surface area contributed by atoms with E-state index in [1.165, 1.54) is 6.07 Å². The average molecular weight is 461 g/mol. The Morgan fingerprint density at radius 3 is 2.38 bits per heavy atom. The molecule has 0 bridgehead atoms. The molecular weight excluding hydrogens is 428 g/mol. The van der Waals surface area contributed by atoms with E-state index in [-0.39, 0.29) is 17.3 Å². The van der Waals surface area contributed by atoms with Gasteiger partial charge in [0, 0.05) is 44.8 Å². The van der Waals surface area contributed by atoms with Crippen LogP contribution in [0.4, 0.5) is 5.69 Å². The lowest BCUT2D eigenvalue weighted by molar-refractivity contribution is 0.0954. The molecule has 2 N–H and O–H groups in total. The van der Waals surface area contributed by atoms with Gasteiger partial charge in [0.1, 0.15) is 10.6 Å². The van der Waals surface area contributed by atoms with Crippen LogP contribution >= 0.6 is 0 Å². The van der Waals surface area contributed by atoms with Crippen LogP contribution in [0.1, 0.15) is 22.8 Å². The molecule has 2 aromatic rings. The second-order valence-electron chi connectivity index (χ2n) is 7.83. The van der Waals surface area contributed by atoms with Gasteiger partial charge in [-0.25, -0.2) is 13.1 Å². The Kier molecular flexibility index (Phi) is 8.11. The topological polar surface area (TPSA) is 91.0 Å². The van der Waals surface area contributed by atoms with Crippen LogP contribution in [-0.4, -0.2) is 72.7 Å². The summed E-state index contributed by atoms with van der Waals surface area (Å²) >= 11 is 0. The maximum atomic E-state index is 12.9. The van der Waals surface area contributed by atoms with Gasteiger partial charge in [0.2, 0.25) is 10.0 Å². The molecule has 1 heterocycles. The molecule has 3 rings (SSSR count). The summed E-state index contributed by atoms with van der Waals surface area (Å²) in [6, 6.07) is 12.6. The van der Waals surface area contributed by atoms with E-state index in [2.05, 4.69) is 19.8 Å². The van der Waals surface area contributed by atoms with Gasteiger partial charge in [0.05, 0.1) is 12.8 Å². The summed E-state index contributed by atoms with van der Waals surface area (Å²) in [5, 5.41) is 2.89. The third-order valence-electron chi connectivity index (χ3n) is 5.55. The van der Waals surface area contributed by atoms with Crippen molar-refractivity contribution in [2.24, 2.45) is 0 Å². The molecule has 1 amide bonds. The first-order valence-corrected chi connectivity index (χ1v) is 12.3. The van der Waals surface area contributed by atoms with Gasteiger partial charge < -0.3 is 19.9 Å². The molecule has 9 heteroatoms.